The van der Waals surface area contributed by atoms with Gasteiger partial charge in [0.25, 0.3) is 6.47 Å². The maximum Gasteiger partial charge on any atom is 0.514 e. The summed E-state index contributed by atoms with van der Waals surface area (Å²) in [6, 6.07) is -1.92. The summed E-state index contributed by atoms with van der Waals surface area (Å²) in [6.07, 6.45) is -12.4. The smallest absolute Gasteiger partial charge is 0.462 e. The molecule has 3 aliphatic heterocycles. The molecular formula is C35H65FN2O20P2. The fourth-order valence-corrected chi connectivity index (χ4v) is 10.8. The first-order valence-electron chi connectivity index (χ1n) is 20.1. The van der Waals surface area contributed by atoms with Crippen LogP contribution in [-0.2, 0) is 69.8 Å². The van der Waals surface area contributed by atoms with Crippen molar-refractivity contribution >= 4 is 28.0 Å². The molecule has 0 saturated carbocycles. The minimum absolute atomic E-state index is 0.0187. The lowest BCUT2D eigenvalue weighted by Crippen LogP contribution is -2.69. The van der Waals surface area contributed by atoms with Gasteiger partial charge in [-0.15, -0.1) is 0 Å². The normalized spacial score (nSPS) is 37.9. The molecule has 3 heterocycles. The van der Waals surface area contributed by atoms with Crippen LogP contribution in [0, 0.1) is 17.8 Å². The third-order valence-electron chi connectivity index (χ3n) is 11.3. The number of ether oxygens (including phenoxy) is 6. The molecule has 3 rings (SSSR count). The fraction of sp³-hybridized carbons (Fsp3) is 0.943. The molecule has 3 saturated heterocycles. The summed E-state index contributed by atoms with van der Waals surface area (Å²) in [4.78, 5) is 24.0. The SMILES string of the molecule is CCC[C@@H](CC)[C@@H](CC)C1O[C@](COC=O)(O[C@@H]2C(O)[C@H](O[C@@H]3C(CO)O[C@H](OP(=O)(OC)OP(=O)(OC)OF)C(NC(C)=O)[C@H]3O)OC(CO)[C@@H]2O)C[C@@H](CC)[C@H]1NC. The van der Waals surface area contributed by atoms with Crippen molar-refractivity contribution in [2.75, 3.05) is 41.1 Å². The first-order valence-corrected chi connectivity index (χ1v) is 23.0. The van der Waals surface area contributed by atoms with Crippen molar-refractivity contribution in [1.82, 2.24) is 10.6 Å². The molecule has 0 aromatic carbocycles. The fourth-order valence-electron chi connectivity index (χ4n) is 8.45. The molecule has 1 amide bonds. The van der Waals surface area contributed by atoms with Crippen LogP contribution in [0.25, 0.3) is 0 Å². The summed E-state index contributed by atoms with van der Waals surface area (Å²) in [6.45, 7) is 7.27. The van der Waals surface area contributed by atoms with Gasteiger partial charge in [0.05, 0.1) is 19.3 Å². The molecule has 0 bridgehead atoms. The van der Waals surface area contributed by atoms with Crippen LogP contribution in [0.15, 0.2) is 0 Å². The monoisotopic (exact) mass is 914 g/mol. The van der Waals surface area contributed by atoms with E-state index >= 15 is 0 Å². The van der Waals surface area contributed by atoms with Crippen LogP contribution in [0.2, 0.25) is 0 Å². The Balaban J connectivity index is 2.02. The lowest BCUT2D eigenvalue weighted by atomic mass is 9.72. The molecule has 7 unspecified atom stereocenters. The summed E-state index contributed by atoms with van der Waals surface area (Å²) in [7, 11) is -7.08. The topological polar surface area (TPSA) is 295 Å². The Morgan fingerprint density at radius 1 is 0.933 bits per heavy atom. The van der Waals surface area contributed by atoms with Crippen molar-refractivity contribution < 1.29 is 99.8 Å². The van der Waals surface area contributed by atoms with Crippen LogP contribution in [0.1, 0.15) is 73.1 Å². The zero-order valence-electron chi connectivity index (χ0n) is 35.2. The Morgan fingerprint density at radius 2 is 1.58 bits per heavy atom. The molecule has 22 nitrogen and oxygen atoms in total. The van der Waals surface area contributed by atoms with E-state index in [-0.39, 0.29) is 36.7 Å². The van der Waals surface area contributed by atoms with E-state index in [1.807, 2.05) is 14.0 Å². The number of halogens is 1. The minimum atomic E-state index is -5.18. The maximum absolute atomic E-state index is 13.3. The molecule has 0 aromatic rings. The number of rotatable bonds is 25. The molecule has 7 N–H and O–H groups in total. The Hall–Kier alpha value is -1.31. The van der Waals surface area contributed by atoms with Gasteiger partial charge in [-0.05, 0) is 29.3 Å². The lowest BCUT2D eigenvalue weighted by molar-refractivity contribution is -0.390. The highest BCUT2D eigenvalue weighted by atomic mass is 31.3. The van der Waals surface area contributed by atoms with Gasteiger partial charge in [-0.2, -0.15) is 4.31 Å². The predicted molar refractivity (Wildman–Crippen MR) is 204 cm³/mol. The maximum atomic E-state index is 13.3. The zero-order valence-corrected chi connectivity index (χ0v) is 37.0. The van der Waals surface area contributed by atoms with Gasteiger partial charge in [0.2, 0.25) is 11.7 Å². The number of carbonyl (C=O) groups is 2. The molecule has 352 valence electrons. The average Bonchev–Trinajstić information content (AvgIpc) is 3.24. The standard InChI is InChI=1S/C35H65FN2O20P2/c1-9-13-20(10-2)22(12-4)30-25(37-6)21(11-3)14-35(54-30,17-50-18-41)55-32-27(43)23(15-39)51-34(29(32)45)53-31-24(16-40)52-33(26(28(31)44)38-19(5)42)56-59(46,48-7)58-60(47,49-8)57-36/h18,20-34,37,39-40,43-45H,9-17H2,1-8H3,(H,38,42)/t20-,21-,22-,23?,24?,25-,26?,27+,28-,29?,30?,31-,32+,33-,34+,35+,59?,60?/m1/s1. The third-order valence-corrected chi connectivity index (χ3v) is 14.5. The minimum Gasteiger partial charge on any atom is -0.462 e. The molecular weight excluding hydrogens is 849 g/mol. The van der Waals surface area contributed by atoms with Crippen LogP contribution < -0.4 is 10.6 Å². The van der Waals surface area contributed by atoms with Gasteiger partial charge in [-0.3, -0.25) is 23.2 Å². The largest absolute Gasteiger partial charge is 0.514 e. The highest BCUT2D eigenvalue weighted by Crippen LogP contribution is 2.66. The second kappa shape index (κ2) is 24.1. The summed E-state index contributed by atoms with van der Waals surface area (Å²) in [5.74, 6) is -2.39. The number of aliphatic hydroxyl groups is 5. The van der Waals surface area contributed by atoms with E-state index in [9.17, 15) is 48.8 Å². The quantitative estimate of drug-likeness (QED) is 0.0502. The van der Waals surface area contributed by atoms with Crippen molar-refractivity contribution in [1.29, 1.82) is 0 Å². The first-order chi connectivity index (χ1) is 28.5. The van der Waals surface area contributed by atoms with E-state index in [1.165, 1.54) is 0 Å². The Bertz CT molecular complexity index is 1420. The second-order valence-electron chi connectivity index (χ2n) is 15.0. The molecule has 3 fully saturated rings. The number of aliphatic hydroxyl groups excluding tert-OH is 5. The van der Waals surface area contributed by atoms with E-state index in [4.69, 9.17) is 32.9 Å². The van der Waals surface area contributed by atoms with Gasteiger partial charge in [0.1, 0.15) is 55.4 Å². The van der Waals surface area contributed by atoms with Crippen molar-refractivity contribution in [2.45, 2.75) is 152 Å². The number of phosphoric ester groups is 1. The Labute approximate surface area is 349 Å². The average molecular weight is 915 g/mol. The highest BCUT2D eigenvalue weighted by molar-refractivity contribution is 7.62. The van der Waals surface area contributed by atoms with E-state index in [0.29, 0.717) is 13.5 Å². The Morgan fingerprint density at radius 3 is 2.08 bits per heavy atom. The van der Waals surface area contributed by atoms with Crippen LogP contribution >= 0.6 is 15.6 Å². The number of nitrogens with one attached hydrogen (secondary N) is 2. The third kappa shape index (κ3) is 12.7. The van der Waals surface area contributed by atoms with Gasteiger partial charge >= 0.3 is 15.6 Å². The molecule has 0 spiro atoms. The van der Waals surface area contributed by atoms with E-state index in [0.717, 1.165) is 39.7 Å². The van der Waals surface area contributed by atoms with Crippen molar-refractivity contribution in [3.63, 3.8) is 0 Å². The highest BCUT2D eigenvalue weighted by Gasteiger charge is 2.58. The number of hydrogen-bond acceptors (Lipinski definition) is 21. The summed E-state index contributed by atoms with van der Waals surface area (Å²) < 4.78 is 96.6. The van der Waals surface area contributed by atoms with Crippen LogP contribution in [0.4, 0.5) is 4.53 Å². The Kier molecular flexibility index (Phi) is 21.3. The molecule has 60 heavy (non-hydrogen) atoms. The predicted octanol–water partition coefficient (Wildman–Crippen LogP) is 1.35. The number of carbonyl (C=O) groups excluding carboxylic acids is 2. The van der Waals surface area contributed by atoms with Crippen molar-refractivity contribution in [2.24, 2.45) is 17.8 Å². The zero-order chi connectivity index (χ0) is 45.0. The van der Waals surface area contributed by atoms with Crippen molar-refractivity contribution in [3.05, 3.63) is 0 Å². The lowest BCUT2D eigenvalue weighted by Gasteiger charge is -2.54. The first kappa shape index (κ1) is 53.0. The summed E-state index contributed by atoms with van der Waals surface area (Å²) in [5.41, 5.74) is 0. The van der Waals surface area contributed by atoms with Crippen LogP contribution in [0.5, 0.6) is 0 Å². The number of likely N-dealkylation sites (N-methyl/N-ethyl adjacent to an activating group) is 1. The van der Waals surface area contributed by atoms with Gasteiger partial charge in [-0.25, -0.2) is 9.13 Å². The van der Waals surface area contributed by atoms with Crippen LogP contribution in [-0.4, -0.2) is 158 Å². The molecule has 0 aliphatic carbocycles. The molecule has 3 aliphatic rings. The van der Waals surface area contributed by atoms with E-state index < -0.39 is 115 Å². The molecule has 0 radical (unpaired) electrons. The second-order valence-corrected chi connectivity index (χ2v) is 18.5. The van der Waals surface area contributed by atoms with Crippen LogP contribution in [0.3, 0.4) is 0 Å². The van der Waals surface area contributed by atoms with Gasteiger partial charge in [0, 0.05) is 33.6 Å². The van der Waals surface area contributed by atoms with E-state index in [2.05, 4.69) is 49.5 Å². The summed E-state index contributed by atoms with van der Waals surface area (Å²) >= 11 is 0. The van der Waals surface area contributed by atoms with Gasteiger partial charge in [-0.1, -0.05) is 64.5 Å². The van der Waals surface area contributed by atoms with Crippen molar-refractivity contribution in [3.8, 4) is 0 Å². The number of amides is 1. The molecule has 25 heteroatoms. The number of hydrogen-bond donors (Lipinski definition) is 7. The molecule has 0 aromatic heterocycles. The number of phosphoric acid groups is 2. The van der Waals surface area contributed by atoms with E-state index in [1.54, 1.807) is 0 Å². The summed E-state index contributed by atoms with van der Waals surface area (Å²) in [5, 5.41) is 61.4. The van der Waals surface area contributed by atoms with Gasteiger partial charge < -0.3 is 64.6 Å². The molecule has 18 atom stereocenters. The van der Waals surface area contributed by atoms with Gasteiger partial charge in [0.15, 0.2) is 12.6 Å².